The maximum absolute atomic E-state index is 13.1. The SMILES string of the molecule is COc1c(F)cc(N)c(F)c1OC.Cl. The van der Waals surface area contributed by atoms with Crippen LogP contribution in [0.1, 0.15) is 0 Å². The number of anilines is 1. The molecule has 0 unspecified atom stereocenters. The molecular weight excluding hydrogens is 216 g/mol. The van der Waals surface area contributed by atoms with Crippen molar-refractivity contribution in [1.29, 1.82) is 0 Å². The van der Waals surface area contributed by atoms with Crippen LogP contribution in [0.25, 0.3) is 0 Å². The van der Waals surface area contributed by atoms with E-state index in [-0.39, 0.29) is 29.6 Å². The lowest BCUT2D eigenvalue weighted by molar-refractivity contribution is 0.323. The number of methoxy groups -OCH3 is 2. The third-order valence-electron chi connectivity index (χ3n) is 1.57. The van der Waals surface area contributed by atoms with Crippen LogP contribution in [-0.2, 0) is 0 Å². The summed E-state index contributed by atoms with van der Waals surface area (Å²) in [4.78, 5) is 0. The first-order chi connectivity index (χ1) is 6.11. The zero-order valence-electron chi connectivity index (χ0n) is 7.64. The normalized spacial score (nSPS) is 9.14. The van der Waals surface area contributed by atoms with Crippen LogP contribution < -0.4 is 15.2 Å². The zero-order valence-corrected chi connectivity index (χ0v) is 8.45. The summed E-state index contributed by atoms with van der Waals surface area (Å²) >= 11 is 0. The van der Waals surface area contributed by atoms with Crippen molar-refractivity contribution in [2.45, 2.75) is 0 Å². The molecule has 1 aromatic rings. The summed E-state index contributed by atoms with van der Waals surface area (Å²) in [5, 5.41) is 0. The first-order valence-corrected chi connectivity index (χ1v) is 3.47. The van der Waals surface area contributed by atoms with Crippen molar-refractivity contribution in [3.05, 3.63) is 17.7 Å². The molecular formula is C8H10ClF2NO2. The highest BCUT2D eigenvalue weighted by molar-refractivity contribution is 5.85. The van der Waals surface area contributed by atoms with Crippen LogP contribution in [0, 0.1) is 11.6 Å². The second kappa shape index (κ2) is 4.85. The van der Waals surface area contributed by atoms with Gasteiger partial charge in [-0.3, -0.25) is 0 Å². The third kappa shape index (κ3) is 1.98. The third-order valence-corrected chi connectivity index (χ3v) is 1.57. The molecule has 0 amide bonds. The van der Waals surface area contributed by atoms with Gasteiger partial charge in [0.1, 0.15) is 0 Å². The molecule has 0 aliphatic carbocycles. The van der Waals surface area contributed by atoms with Crippen LogP contribution in [0.3, 0.4) is 0 Å². The highest BCUT2D eigenvalue weighted by Crippen LogP contribution is 2.35. The van der Waals surface area contributed by atoms with E-state index in [0.29, 0.717) is 0 Å². The molecule has 0 atom stereocenters. The van der Waals surface area contributed by atoms with E-state index >= 15 is 0 Å². The van der Waals surface area contributed by atoms with Crippen LogP contribution in [0.4, 0.5) is 14.5 Å². The molecule has 6 heteroatoms. The van der Waals surface area contributed by atoms with Gasteiger partial charge in [-0.1, -0.05) is 0 Å². The minimum absolute atomic E-state index is 0. The van der Waals surface area contributed by atoms with Gasteiger partial charge in [0, 0.05) is 6.07 Å². The summed E-state index contributed by atoms with van der Waals surface area (Å²) in [5.74, 6) is -2.17. The zero-order chi connectivity index (χ0) is 10.0. The Labute approximate surface area is 86.2 Å². The van der Waals surface area contributed by atoms with Crippen molar-refractivity contribution >= 4 is 18.1 Å². The molecule has 0 radical (unpaired) electrons. The summed E-state index contributed by atoms with van der Waals surface area (Å²) in [5.41, 5.74) is 4.86. The van der Waals surface area contributed by atoms with Crippen LogP contribution in [0.2, 0.25) is 0 Å². The number of nitrogens with two attached hydrogens (primary N) is 1. The van der Waals surface area contributed by atoms with E-state index in [2.05, 4.69) is 9.47 Å². The maximum Gasteiger partial charge on any atom is 0.202 e. The predicted molar refractivity (Wildman–Crippen MR) is 51.1 cm³/mol. The lowest BCUT2D eigenvalue weighted by Gasteiger charge is -2.10. The smallest absolute Gasteiger partial charge is 0.202 e. The number of rotatable bonds is 2. The molecule has 80 valence electrons. The van der Waals surface area contributed by atoms with Gasteiger partial charge >= 0.3 is 0 Å². The first-order valence-electron chi connectivity index (χ1n) is 3.47. The van der Waals surface area contributed by atoms with Crippen molar-refractivity contribution in [2.75, 3.05) is 20.0 Å². The van der Waals surface area contributed by atoms with Gasteiger partial charge in [0.05, 0.1) is 19.9 Å². The predicted octanol–water partition coefficient (Wildman–Crippen LogP) is 1.99. The Morgan fingerprint density at radius 2 is 1.64 bits per heavy atom. The highest BCUT2D eigenvalue weighted by Gasteiger charge is 2.18. The fraction of sp³-hybridized carbons (Fsp3) is 0.250. The van der Waals surface area contributed by atoms with Crippen molar-refractivity contribution in [1.82, 2.24) is 0 Å². The van der Waals surface area contributed by atoms with Gasteiger partial charge in [0.2, 0.25) is 5.75 Å². The topological polar surface area (TPSA) is 44.5 Å². The Bertz CT molecular complexity index is 334. The van der Waals surface area contributed by atoms with Crippen LogP contribution in [0.5, 0.6) is 11.5 Å². The number of halogens is 3. The van der Waals surface area contributed by atoms with Gasteiger partial charge in [-0.05, 0) is 0 Å². The molecule has 0 heterocycles. The highest BCUT2D eigenvalue weighted by atomic mass is 35.5. The van der Waals surface area contributed by atoms with E-state index in [9.17, 15) is 8.78 Å². The van der Waals surface area contributed by atoms with E-state index in [1.165, 1.54) is 14.2 Å². The second-order valence-corrected chi connectivity index (χ2v) is 2.33. The largest absolute Gasteiger partial charge is 0.490 e. The molecule has 0 saturated carbocycles. The fourth-order valence-corrected chi connectivity index (χ4v) is 0.977. The van der Waals surface area contributed by atoms with Crippen LogP contribution in [-0.4, -0.2) is 14.2 Å². The van der Waals surface area contributed by atoms with Crippen molar-refractivity contribution in [2.24, 2.45) is 0 Å². The lowest BCUT2D eigenvalue weighted by atomic mass is 10.2. The molecule has 14 heavy (non-hydrogen) atoms. The minimum Gasteiger partial charge on any atom is -0.490 e. The molecule has 0 aromatic heterocycles. The Hall–Kier alpha value is -1.23. The minimum atomic E-state index is -0.819. The molecule has 0 bridgehead atoms. The standard InChI is InChI=1S/C8H9F2NO2.ClH/c1-12-7-4(9)3-5(11)6(10)8(7)13-2;/h3H,11H2,1-2H3;1H. The number of ether oxygens (including phenoxy) is 2. The maximum atomic E-state index is 13.1. The number of hydrogen-bond acceptors (Lipinski definition) is 3. The van der Waals surface area contributed by atoms with Gasteiger partial charge in [-0.2, -0.15) is 0 Å². The lowest BCUT2D eigenvalue weighted by Crippen LogP contribution is -2.00. The fourth-order valence-electron chi connectivity index (χ4n) is 0.977. The van der Waals surface area contributed by atoms with E-state index in [1.54, 1.807) is 0 Å². The molecule has 0 aliphatic heterocycles. The molecule has 1 aromatic carbocycles. The van der Waals surface area contributed by atoms with Gasteiger partial charge in [0.15, 0.2) is 17.4 Å². The molecule has 0 aliphatic rings. The molecule has 3 nitrogen and oxygen atoms in total. The van der Waals surface area contributed by atoms with Crippen LogP contribution in [0.15, 0.2) is 6.07 Å². The van der Waals surface area contributed by atoms with E-state index in [0.717, 1.165) is 6.07 Å². The average molecular weight is 226 g/mol. The molecule has 1 rings (SSSR count). The number of hydrogen-bond donors (Lipinski definition) is 1. The summed E-state index contributed by atoms with van der Waals surface area (Å²) in [6.45, 7) is 0. The number of nitrogen functional groups attached to an aromatic ring is 1. The van der Waals surface area contributed by atoms with E-state index < -0.39 is 11.6 Å². The van der Waals surface area contributed by atoms with E-state index in [1.807, 2.05) is 0 Å². The molecule has 2 N–H and O–H groups in total. The Morgan fingerprint density at radius 1 is 1.14 bits per heavy atom. The number of benzene rings is 1. The van der Waals surface area contributed by atoms with Gasteiger partial charge in [-0.25, -0.2) is 8.78 Å². The van der Waals surface area contributed by atoms with Gasteiger partial charge in [0.25, 0.3) is 0 Å². The summed E-state index contributed by atoms with van der Waals surface area (Å²) in [6, 6.07) is 0.844. The van der Waals surface area contributed by atoms with Gasteiger partial charge < -0.3 is 15.2 Å². The molecule has 0 saturated heterocycles. The molecule has 0 spiro atoms. The van der Waals surface area contributed by atoms with E-state index in [4.69, 9.17) is 5.73 Å². The monoisotopic (exact) mass is 225 g/mol. The van der Waals surface area contributed by atoms with Crippen molar-refractivity contribution in [3.8, 4) is 11.5 Å². The molecule has 0 fully saturated rings. The van der Waals surface area contributed by atoms with Gasteiger partial charge in [-0.15, -0.1) is 12.4 Å². The van der Waals surface area contributed by atoms with Crippen molar-refractivity contribution in [3.63, 3.8) is 0 Å². The Morgan fingerprint density at radius 3 is 2.07 bits per heavy atom. The Balaban J connectivity index is 0.00000169. The first kappa shape index (κ1) is 12.8. The van der Waals surface area contributed by atoms with Crippen molar-refractivity contribution < 1.29 is 18.3 Å². The quantitative estimate of drug-likeness (QED) is 0.783. The Kier molecular flexibility index (Phi) is 4.43. The summed E-state index contributed by atoms with van der Waals surface area (Å²) in [7, 11) is 2.43. The summed E-state index contributed by atoms with van der Waals surface area (Å²) < 4.78 is 35.4. The average Bonchev–Trinajstić information content (AvgIpc) is 2.10. The second-order valence-electron chi connectivity index (χ2n) is 2.33. The summed E-state index contributed by atoms with van der Waals surface area (Å²) in [6.07, 6.45) is 0. The van der Waals surface area contributed by atoms with Crippen LogP contribution >= 0.6 is 12.4 Å².